The van der Waals surface area contributed by atoms with Crippen molar-refractivity contribution < 1.29 is 28.0 Å². The molecule has 0 spiro atoms. The Labute approximate surface area is 236 Å². The molecule has 5 rings (SSSR count). The highest BCUT2D eigenvalue weighted by molar-refractivity contribution is 7.86. The van der Waals surface area contributed by atoms with Crippen LogP contribution < -0.4 is 0 Å². The fourth-order valence-corrected chi connectivity index (χ4v) is 11.9. The van der Waals surface area contributed by atoms with Gasteiger partial charge in [-0.15, -0.1) is 0 Å². The number of carbonyl (C=O) groups excluding carboxylic acids is 1. The van der Waals surface area contributed by atoms with Gasteiger partial charge in [-0.25, -0.2) is 0 Å². The smallest absolute Gasteiger partial charge is 0.267 e. The molecule has 3 N–H and O–H groups in total. The van der Waals surface area contributed by atoms with Crippen molar-refractivity contribution in [3.8, 4) is 0 Å². The van der Waals surface area contributed by atoms with Gasteiger partial charge in [0.05, 0.1) is 17.5 Å². The monoisotopic (exact) mass is 567 g/mol. The van der Waals surface area contributed by atoms with E-state index >= 15 is 0 Å². The number of piperidine rings is 1. The molecule has 8 heteroatoms. The summed E-state index contributed by atoms with van der Waals surface area (Å²) in [6.45, 7) is 10.3. The molecule has 0 radical (unpaired) electrons. The molecule has 224 valence electrons. The van der Waals surface area contributed by atoms with Gasteiger partial charge in [0.2, 0.25) is 5.91 Å². The molecule has 1 amide bonds. The fraction of sp³-hybridized carbons (Fsp3) is 0.968. The quantitative estimate of drug-likeness (QED) is 0.393. The first kappa shape index (κ1) is 29.8. The molecular formula is C31H53NO6S. The summed E-state index contributed by atoms with van der Waals surface area (Å²) >= 11 is 0. The Bertz CT molecular complexity index is 1010. The van der Waals surface area contributed by atoms with Gasteiger partial charge in [-0.3, -0.25) is 9.35 Å². The average molecular weight is 568 g/mol. The summed E-state index contributed by atoms with van der Waals surface area (Å²) in [4.78, 5) is 14.8. The fourth-order valence-electron chi connectivity index (χ4n) is 11.0. The van der Waals surface area contributed by atoms with Gasteiger partial charge < -0.3 is 15.1 Å². The lowest BCUT2D eigenvalue weighted by atomic mass is 9.41. The van der Waals surface area contributed by atoms with Crippen LogP contribution in [0.1, 0.15) is 105 Å². The Morgan fingerprint density at radius 2 is 1.59 bits per heavy atom. The molecular weight excluding hydrogens is 514 g/mol. The van der Waals surface area contributed by atoms with Gasteiger partial charge in [-0.1, -0.05) is 34.1 Å². The molecule has 11 atom stereocenters. The molecule has 0 aromatic heterocycles. The molecule has 4 aliphatic carbocycles. The van der Waals surface area contributed by atoms with E-state index in [9.17, 15) is 28.0 Å². The van der Waals surface area contributed by atoms with E-state index < -0.39 is 15.4 Å². The van der Waals surface area contributed by atoms with Crippen LogP contribution in [0.2, 0.25) is 0 Å². The third-order valence-electron chi connectivity index (χ3n) is 13.2. The van der Waals surface area contributed by atoms with E-state index in [1.54, 1.807) is 4.90 Å². The molecule has 7 nitrogen and oxygen atoms in total. The number of likely N-dealkylation sites (tertiary alicyclic amines) is 1. The van der Waals surface area contributed by atoms with Crippen molar-refractivity contribution in [2.75, 3.05) is 13.1 Å². The molecule has 5 fully saturated rings. The number of rotatable bonds is 6. The highest BCUT2D eigenvalue weighted by Crippen LogP contribution is 2.69. The number of amides is 1. The topological polar surface area (TPSA) is 115 Å². The van der Waals surface area contributed by atoms with Crippen LogP contribution in [0, 0.1) is 52.3 Å². The SMILES string of the molecule is CC[C@H]1[C@@H](O)[C@@H]2[C@H](CC[C@]3(C)[C@@H]([C@H](C)CCC(=O)N4CCC(S(=O)(=O)O)CC4)CC[C@@H]23)[C@@]2(C)CC[C@@H](O)C[C@@H]12. The van der Waals surface area contributed by atoms with E-state index in [-0.39, 0.29) is 34.9 Å². The minimum absolute atomic E-state index is 0.103. The number of hydrogen-bond donors (Lipinski definition) is 3. The molecule has 0 unspecified atom stereocenters. The van der Waals surface area contributed by atoms with Crippen LogP contribution in [-0.2, 0) is 14.9 Å². The summed E-state index contributed by atoms with van der Waals surface area (Å²) in [5.74, 6) is 3.15. The average Bonchev–Trinajstić information content (AvgIpc) is 3.25. The second-order valence-corrected chi connectivity index (χ2v) is 16.4. The van der Waals surface area contributed by atoms with E-state index in [0.29, 0.717) is 67.9 Å². The van der Waals surface area contributed by atoms with Crippen LogP contribution in [0.25, 0.3) is 0 Å². The molecule has 1 saturated heterocycles. The number of aliphatic hydroxyl groups excluding tert-OH is 2. The Balaban J connectivity index is 1.24. The largest absolute Gasteiger partial charge is 0.393 e. The summed E-state index contributed by atoms with van der Waals surface area (Å²) in [5.41, 5.74) is 0.401. The van der Waals surface area contributed by atoms with E-state index in [1.165, 1.54) is 25.7 Å². The van der Waals surface area contributed by atoms with Crippen molar-refractivity contribution in [2.45, 2.75) is 122 Å². The van der Waals surface area contributed by atoms with Crippen LogP contribution in [-0.4, -0.2) is 64.5 Å². The summed E-state index contributed by atoms with van der Waals surface area (Å²) in [6, 6.07) is 0. The Morgan fingerprint density at radius 3 is 2.23 bits per heavy atom. The third kappa shape index (κ3) is 5.12. The Hall–Kier alpha value is -0.700. The van der Waals surface area contributed by atoms with Crippen LogP contribution in [0.15, 0.2) is 0 Å². The molecule has 4 saturated carbocycles. The number of fused-ring (bicyclic) bond motifs is 5. The van der Waals surface area contributed by atoms with Crippen LogP contribution in [0.4, 0.5) is 0 Å². The van der Waals surface area contributed by atoms with Gasteiger partial charge >= 0.3 is 0 Å². The molecule has 1 heterocycles. The van der Waals surface area contributed by atoms with Gasteiger partial charge in [0.1, 0.15) is 0 Å². The molecule has 0 aromatic rings. The number of aliphatic hydroxyl groups is 2. The van der Waals surface area contributed by atoms with Gasteiger partial charge in [0.25, 0.3) is 10.1 Å². The zero-order valence-corrected chi connectivity index (χ0v) is 25.4. The van der Waals surface area contributed by atoms with Crippen LogP contribution >= 0.6 is 0 Å². The second kappa shape index (κ2) is 10.9. The lowest BCUT2D eigenvalue weighted by Gasteiger charge is -2.64. The van der Waals surface area contributed by atoms with E-state index in [0.717, 1.165) is 32.1 Å². The summed E-state index contributed by atoms with van der Waals surface area (Å²) in [6.07, 6.45) is 9.94. The van der Waals surface area contributed by atoms with Crippen molar-refractivity contribution in [3.05, 3.63) is 0 Å². The van der Waals surface area contributed by atoms with Crippen molar-refractivity contribution in [2.24, 2.45) is 52.3 Å². The van der Waals surface area contributed by atoms with Gasteiger partial charge in [-0.05, 0) is 116 Å². The maximum absolute atomic E-state index is 13.0. The van der Waals surface area contributed by atoms with Crippen molar-refractivity contribution in [1.29, 1.82) is 0 Å². The first-order chi connectivity index (χ1) is 18.3. The first-order valence-electron chi connectivity index (χ1n) is 15.9. The zero-order chi connectivity index (χ0) is 28.3. The minimum Gasteiger partial charge on any atom is -0.393 e. The first-order valence-corrected chi connectivity index (χ1v) is 17.4. The van der Waals surface area contributed by atoms with E-state index in [2.05, 4.69) is 27.7 Å². The molecule has 0 bridgehead atoms. The number of carbonyl (C=O) groups is 1. The summed E-state index contributed by atoms with van der Waals surface area (Å²) in [7, 11) is -4.03. The van der Waals surface area contributed by atoms with Crippen molar-refractivity contribution in [1.82, 2.24) is 4.90 Å². The lowest BCUT2D eigenvalue weighted by Crippen LogP contribution is -2.62. The number of nitrogens with zero attached hydrogens (tertiary/aromatic N) is 1. The second-order valence-electron chi connectivity index (χ2n) is 14.7. The third-order valence-corrected chi connectivity index (χ3v) is 14.5. The maximum Gasteiger partial charge on any atom is 0.267 e. The van der Waals surface area contributed by atoms with Crippen LogP contribution in [0.3, 0.4) is 0 Å². The predicted octanol–water partition coefficient (Wildman–Crippen LogP) is 4.91. The van der Waals surface area contributed by atoms with E-state index in [1.807, 2.05) is 0 Å². The molecule has 1 aliphatic heterocycles. The molecule has 39 heavy (non-hydrogen) atoms. The van der Waals surface area contributed by atoms with Gasteiger partial charge in [0.15, 0.2) is 0 Å². The highest BCUT2D eigenvalue weighted by atomic mass is 32.2. The Kier molecular flexibility index (Phi) is 8.29. The van der Waals surface area contributed by atoms with Crippen molar-refractivity contribution >= 4 is 16.0 Å². The van der Waals surface area contributed by atoms with E-state index in [4.69, 9.17) is 0 Å². The minimum atomic E-state index is -4.03. The zero-order valence-electron chi connectivity index (χ0n) is 24.6. The van der Waals surface area contributed by atoms with Crippen LogP contribution in [0.5, 0.6) is 0 Å². The molecule has 0 aromatic carbocycles. The normalized spacial score (nSPS) is 45.8. The standard InChI is InChI=1S/C31H53NO6S/c1-5-22-26-18-20(33)10-14-31(26,4)25-11-15-30(3)23(7-8-24(30)28(25)29(22)35)19(2)6-9-27(34)32-16-12-21(13-17-32)39(36,37)38/h19-26,28-29,33,35H,5-18H2,1-4H3,(H,36,37,38)/t19-,20-,22-,23-,24+,25+,26+,28+,29-,30-,31-/m1/s1. The summed E-state index contributed by atoms with van der Waals surface area (Å²) in [5, 5.41) is 21.7. The van der Waals surface area contributed by atoms with Gasteiger partial charge in [0, 0.05) is 19.5 Å². The number of hydrogen-bond acceptors (Lipinski definition) is 5. The van der Waals surface area contributed by atoms with Crippen molar-refractivity contribution in [3.63, 3.8) is 0 Å². The maximum atomic E-state index is 13.0. The Morgan fingerprint density at radius 1 is 0.949 bits per heavy atom. The summed E-state index contributed by atoms with van der Waals surface area (Å²) < 4.78 is 32.2. The lowest BCUT2D eigenvalue weighted by molar-refractivity contribution is -0.203. The van der Waals surface area contributed by atoms with Gasteiger partial charge in [-0.2, -0.15) is 8.42 Å². The predicted molar refractivity (Wildman–Crippen MR) is 151 cm³/mol. The molecule has 5 aliphatic rings. The highest BCUT2D eigenvalue weighted by Gasteiger charge is 2.64.